The van der Waals surface area contributed by atoms with Crippen molar-refractivity contribution in [3.8, 4) is 0 Å². The molecule has 3 aromatic rings. The molecule has 1 amide bonds. The van der Waals surface area contributed by atoms with Crippen molar-refractivity contribution in [3.63, 3.8) is 0 Å². The van der Waals surface area contributed by atoms with Crippen LogP contribution in [-0.4, -0.2) is 25.9 Å². The van der Waals surface area contributed by atoms with Gasteiger partial charge in [0, 0.05) is 18.9 Å². The molecule has 3 rings (SSSR count). The van der Waals surface area contributed by atoms with Gasteiger partial charge in [0.15, 0.2) is 0 Å². The molecule has 0 aliphatic rings. The Morgan fingerprint density at radius 3 is 2.39 bits per heavy atom. The predicted molar refractivity (Wildman–Crippen MR) is 109 cm³/mol. The Morgan fingerprint density at radius 1 is 1.00 bits per heavy atom. The van der Waals surface area contributed by atoms with E-state index in [4.69, 9.17) is 0 Å². The number of nitrogens with one attached hydrogen (secondary N) is 1. The van der Waals surface area contributed by atoms with E-state index in [1.807, 2.05) is 0 Å². The van der Waals surface area contributed by atoms with E-state index in [2.05, 4.69) is 10.3 Å². The van der Waals surface area contributed by atoms with E-state index in [1.165, 1.54) is 36.5 Å². The van der Waals surface area contributed by atoms with Crippen LogP contribution >= 0.6 is 0 Å². The van der Waals surface area contributed by atoms with E-state index < -0.39 is 34.2 Å². The SMILES string of the molecule is O=C(CN(c1cccc(C(F)(F)F)c1)S(=O)(=O)c1ccccc1)NCc1cccnc1. The van der Waals surface area contributed by atoms with E-state index in [9.17, 15) is 26.4 Å². The van der Waals surface area contributed by atoms with Crippen LogP contribution in [0.5, 0.6) is 0 Å². The molecule has 6 nitrogen and oxygen atoms in total. The molecule has 0 radical (unpaired) electrons. The zero-order valence-corrected chi connectivity index (χ0v) is 16.9. The molecular formula is C21H18F3N3O3S. The minimum atomic E-state index is -4.67. The molecule has 10 heteroatoms. The number of alkyl halides is 3. The first-order chi connectivity index (χ1) is 14.7. The highest BCUT2D eigenvalue weighted by Crippen LogP contribution is 2.33. The van der Waals surface area contributed by atoms with Gasteiger partial charge in [0.05, 0.1) is 16.1 Å². The fraction of sp³-hybridized carbons (Fsp3) is 0.143. The van der Waals surface area contributed by atoms with Crippen LogP contribution in [0.4, 0.5) is 18.9 Å². The van der Waals surface area contributed by atoms with Crippen molar-refractivity contribution in [2.24, 2.45) is 0 Å². The molecule has 0 atom stereocenters. The van der Waals surface area contributed by atoms with Gasteiger partial charge in [-0.1, -0.05) is 30.3 Å². The second-order valence-corrected chi connectivity index (χ2v) is 8.37. The summed E-state index contributed by atoms with van der Waals surface area (Å²) in [5.41, 5.74) is -0.600. The molecule has 2 aromatic carbocycles. The highest BCUT2D eigenvalue weighted by molar-refractivity contribution is 7.92. The summed E-state index contributed by atoms with van der Waals surface area (Å²) in [7, 11) is -4.30. The molecule has 162 valence electrons. The molecule has 0 fully saturated rings. The Labute approximate surface area is 177 Å². The number of anilines is 1. The van der Waals surface area contributed by atoms with Crippen LogP contribution in [-0.2, 0) is 27.5 Å². The van der Waals surface area contributed by atoms with Crippen molar-refractivity contribution in [2.75, 3.05) is 10.8 Å². The van der Waals surface area contributed by atoms with Crippen LogP contribution in [0.2, 0.25) is 0 Å². The van der Waals surface area contributed by atoms with Crippen molar-refractivity contribution in [1.29, 1.82) is 0 Å². The summed E-state index contributed by atoms with van der Waals surface area (Å²) >= 11 is 0. The predicted octanol–water partition coefficient (Wildman–Crippen LogP) is 3.61. The van der Waals surface area contributed by atoms with Crippen LogP contribution in [0.25, 0.3) is 0 Å². The van der Waals surface area contributed by atoms with Crippen LogP contribution in [0.15, 0.2) is 84.0 Å². The van der Waals surface area contributed by atoms with Gasteiger partial charge in [-0.2, -0.15) is 13.2 Å². The third kappa shape index (κ3) is 5.60. The van der Waals surface area contributed by atoms with Gasteiger partial charge in [-0.25, -0.2) is 8.42 Å². The molecule has 0 bridgehead atoms. The number of sulfonamides is 1. The quantitative estimate of drug-likeness (QED) is 0.598. The molecule has 0 aliphatic carbocycles. The molecule has 1 aromatic heterocycles. The lowest BCUT2D eigenvalue weighted by molar-refractivity contribution is -0.137. The highest BCUT2D eigenvalue weighted by Gasteiger charge is 2.33. The number of rotatable bonds is 7. The normalized spacial score (nSPS) is 11.7. The molecule has 1 N–H and O–H groups in total. The highest BCUT2D eigenvalue weighted by atomic mass is 32.2. The maximum absolute atomic E-state index is 13.2. The summed E-state index contributed by atoms with van der Waals surface area (Å²) < 4.78 is 66.5. The van der Waals surface area contributed by atoms with Crippen molar-refractivity contribution in [3.05, 3.63) is 90.3 Å². The number of benzene rings is 2. The van der Waals surface area contributed by atoms with Crippen LogP contribution in [0.1, 0.15) is 11.1 Å². The minimum Gasteiger partial charge on any atom is -0.350 e. The minimum absolute atomic E-state index is 0.0918. The summed E-state index contributed by atoms with van der Waals surface area (Å²) in [6.45, 7) is -0.604. The maximum atomic E-state index is 13.2. The molecule has 0 aliphatic heterocycles. The molecule has 0 saturated heterocycles. The average Bonchev–Trinajstić information content (AvgIpc) is 2.77. The Kier molecular flexibility index (Phi) is 6.59. The van der Waals surface area contributed by atoms with Gasteiger partial charge >= 0.3 is 6.18 Å². The molecule has 0 saturated carbocycles. The lowest BCUT2D eigenvalue weighted by Crippen LogP contribution is -2.40. The van der Waals surface area contributed by atoms with Crippen molar-refractivity contribution in [1.82, 2.24) is 10.3 Å². The maximum Gasteiger partial charge on any atom is 0.416 e. The Morgan fingerprint density at radius 2 is 1.74 bits per heavy atom. The van der Waals surface area contributed by atoms with Gasteiger partial charge in [0.2, 0.25) is 5.91 Å². The zero-order valence-electron chi connectivity index (χ0n) is 16.1. The van der Waals surface area contributed by atoms with Crippen LogP contribution < -0.4 is 9.62 Å². The largest absolute Gasteiger partial charge is 0.416 e. The monoisotopic (exact) mass is 449 g/mol. The zero-order chi connectivity index (χ0) is 22.5. The third-order valence-corrected chi connectivity index (χ3v) is 6.08. The summed E-state index contributed by atoms with van der Waals surface area (Å²) in [6.07, 6.45) is -1.57. The number of carbonyl (C=O) groups is 1. The van der Waals surface area contributed by atoms with Gasteiger partial charge in [0.1, 0.15) is 6.54 Å². The number of hydrogen-bond donors (Lipinski definition) is 1. The first-order valence-corrected chi connectivity index (χ1v) is 10.5. The van der Waals surface area contributed by atoms with E-state index in [-0.39, 0.29) is 17.1 Å². The number of amides is 1. The molecule has 0 unspecified atom stereocenters. The summed E-state index contributed by atoms with van der Waals surface area (Å²) in [5.74, 6) is -0.680. The molecule has 31 heavy (non-hydrogen) atoms. The number of nitrogens with zero attached hydrogens (tertiary/aromatic N) is 2. The smallest absolute Gasteiger partial charge is 0.350 e. The average molecular weight is 449 g/mol. The molecule has 0 spiro atoms. The number of hydrogen-bond acceptors (Lipinski definition) is 4. The van der Waals surface area contributed by atoms with E-state index in [0.29, 0.717) is 15.9 Å². The second-order valence-electron chi connectivity index (χ2n) is 6.51. The lowest BCUT2D eigenvalue weighted by Gasteiger charge is -2.25. The first-order valence-electron chi connectivity index (χ1n) is 9.08. The van der Waals surface area contributed by atoms with Crippen molar-refractivity contribution < 1.29 is 26.4 Å². The lowest BCUT2D eigenvalue weighted by atomic mass is 10.2. The van der Waals surface area contributed by atoms with Gasteiger partial charge in [-0.3, -0.25) is 14.1 Å². The van der Waals surface area contributed by atoms with Gasteiger partial charge in [0.25, 0.3) is 10.0 Å². The Bertz CT molecular complexity index is 1140. The fourth-order valence-corrected chi connectivity index (χ4v) is 4.20. The van der Waals surface area contributed by atoms with Gasteiger partial charge < -0.3 is 5.32 Å². The summed E-state index contributed by atoms with van der Waals surface area (Å²) in [5, 5.41) is 2.56. The molecular weight excluding hydrogens is 431 g/mol. The van der Waals surface area contributed by atoms with Crippen molar-refractivity contribution in [2.45, 2.75) is 17.6 Å². The van der Waals surface area contributed by atoms with Crippen molar-refractivity contribution >= 4 is 21.6 Å². The van der Waals surface area contributed by atoms with E-state index >= 15 is 0 Å². The third-order valence-electron chi connectivity index (χ3n) is 4.29. The van der Waals surface area contributed by atoms with Crippen LogP contribution in [0, 0.1) is 0 Å². The number of pyridine rings is 1. The topological polar surface area (TPSA) is 79.4 Å². The number of aromatic nitrogens is 1. The summed E-state index contributed by atoms with van der Waals surface area (Å²) in [4.78, 5) is 16.3. The van der Waals surface area contributed by atoms with Gasteiger partial charge in [-0.05, 0) is 42.0 Å². The first kappa shape index (κ1) is 22.3. The number of carbonyl (C=O) groups excluding carboxylic acids is 1. The van der Waals surface area contributed by atoms with E-state index in [0.717, 1.165) is 12.1 Å². The Balaban J connectivity index is 1.92. The molecule has 1 heterocycles. The van der Waals surface area contributed by atoms with E-state index in [1.54, 1.807) is 24.4 Å². The van der Waals surface area contributed by atoms with Crippen LogP contribution in [0.3, 0.4) is 0 Å². The summed E-state index contributed by atoms with van der Waals surface area (Å²) in [6, 6.07) is 14.4. The standard InChI is InChI=1S/C21H18F3N3O3S/c22-21(23,24)17-7-4-8-18(12-17)27(31(29,30)19-9-2-1-3-10-19)15-20(28)26-14-16-6-5-11-25-13-16/h1-13H,14-15H2,(H,26,28). The second kappa shape index (κ2) is 9.17. The fourth-order valence-electron chi connectivity index (χ4n) is 2.76. The Hall–Kier alpha value is -3.40. The van der Waals surface area contributed by atoms with Gasteiger partial charge in [-0.15, -0.1) is 0 Å². The number of halogens is 3.